The van der Waals surface area contributed by atoms with E-state index in [0.29, 0.717) is 43.6 Å². The summed E-state index contributed by atoms with van der Waals surface area (Å²) in [6.45, 7) is 8.47. The smallest absolute Gasteiger partial charge is 0.253 e. The third kappa shape index (κ3) is 4.38. The number of hydrogen-bond acceptors (Lipinski definition) is 4. The molecule has 1 aromatic carbocycles. The zero-order valence-electron chi connectivity index (χ0n) is 16.8. The monoisotopic (exact) mass is 407 g/mol. The van der Waals surface area contributed by atoms with Crippen molar-refractivity contribution in [3.05, 3.63) is 29.8 Å². The van der Waals surface area contributed by atoms with E-state index in [-0.39, 0.29) is 29.8 Å². The van der Waals surface area contributed by atoms with Gasteiger partial charge >= 0.3 is 0 Å². The molecule has 2 saturated heterocycles. The molecule has 154 valence electrons. The largest absolute Gasteiger partial charge is 0.340 e. The number of amides is 2. The van der Waals surface area contributed by atoms with Crippen LogP contribution in [-0.2, 0) is 14.8 Å². The summed E-state index contributed by atoms with van der Waals surface area (Å²) in [5, 5.41) is 0. The van der Waals surface area contributed by atoms with Crippen LogP contribution in [-0.4, -0.2) is 73.6 Å². The molecule has 2 aliphatic heterocycles. The molecule has 0 spiro atoms. The van der Waals surface area contributed by atoms with Crippen molar-refractivity contribution < 1.29 is 18.0 Å². The number of carbonyl (C=O) groups is 2. The molecular weight excluding hydrogens is 378 g/mol. The van der Waals surface area contributed by atoms with Crippen molar-refractivity contribution in [3.63, 3.8) is 0 Å². The Labute approximate surface area is 167 Å². The maximum Gasteiger partial charge on any atom is 0.253 e. The molecule has 0 aromatic heterocycles. The van der Waals surface area contributed by atoms with Crippen LogP contribution in [0.4, 0.5) is 0 Å². The molecule has 2 heterocycles. The molecule has 0 bridgehead atoms. The van der Waals surface area contributed by atoms with Crippen molar-refractivity contribution in [2.75, 3.05) is 39.3 Å². The number of piperazine rings is 1. The van der Waals surface area contributed by atoms with Crippen molar-refractivity contribution in [1.82, 2.24) is 14.1 Å². The maximum atomic E-state index is 13.0. The Morgan fingerprint density at radius 1 is 0.964 bits per heavy atom. The number of hydrogen-bond donors (Lipinski definition) is 0. The van der Waals surface area contributed by atoms with Crippen LogP contribution in [0.2, 0.25) is 0 Å². The van der Waals surface area contributed by atoms with Gasteiger partial charge in [0.05, 0.1) is 4.90 Å². The molecule has 2 amide bonds. The summed E-state index contributed by atoms with van der Waals surface area (Å²) in [7, 11) is -3.69. The Hall–Kier alpha value is -1.93. The quantitative estimate of drug-likeness (QED) is 0.763. The molecule has 0 aliphatic carbocycles. The van der Waals surface area contributed by atoms with Gasteiger partial charge in [-0.05, 0) is 36.5 Å². The number of carbonyl (C=O) groups excluding carboxylic acids is 2. The van der Waals surface area contributed by atoms with Gasteiger partial charge in [0.25, 0.3) is 5.91 Å². The van der Waals surface area contributed by atoms with Crippen molar-refractivity contribution in [2.24, 2.45) is 11.8 Å². The Balaban J connectivity index is 1.77. The first-order chi connectivity index (χ1) is 13.2. The van der Waals surface area contributed by atoms with E-state index in [9.17, 15) is 18.0 Å². The molecule has 28 heavy (non-hydrogen) atoms. The van der Waals surface area contributed by atoms with Gasteiger partial charge in [0.2, 0.25) is 15.9 Å². The van der Waals surface area contributed by atoms with Crippen molar-refractivity contribution in [2.45, 2.75) is 32.1 Å². The molecule has 1 aromatic rings. The first kappa shape index (κ1) is 20.8. The first-order valence-corrected chi connectivity index (χ1v) is 11.3. The molecule has 2 fully saturated rings. The fourth-order valence-electron chi connectivity index (χ4n) is 4.19. The zero-order chi connectivity index (χ0) is 20.5. The summed E-state index contributed by atoms with van der Waals surface area (Å²) < 4.78 is 27.4. The Morgan fingerprint density at radius 3 is 2.14 bits per heavy atom. The van der Waals surface area contributed by atoms with Gasteiger partial charge in [-0.2, -0.15) is 4.31 Å². The highest BCUT2D eigenvalue weighted by Gasteiger charge is 2.31. The predicted octanol–water partition coefficient (Wildman–Crippen LogP) is 1.66. The molecule has 0 N–H and O–H groups in total. The molecule has 8 heteroatoms. The lowest BCUT2D eigenvalue weighted by Crippen LogP contribution is -2.49. The third-order valence-corrected chi connectivity index (χ3v) is 7.45. The standard InChI is InChI=1S/C20H29N3O4S/c1-15-11-16(2)14-22(13-15)20(25)18-5-4-6-19(12-18)28(26,27)23-9-7-21(8-10-23)17(3)24/h4-6,12,15-16H,7-11,13-14H2,1-3H3. The highest BCUT2D eigenvalue weighted by atomic mass is 32.2. The average molecular weight is 408 g/mol. The first-order valence-electron chi connectivity index (χ1n) is 9.83. The molecule has 2 atom stereocenters. The lowest BCUT2D eigenvalue weighted by molar-refractivity contribution is -0.129. The van der Waals surface area contributed by atoms with Gasteiger partial charge in [0.1, 0.15) is 0 Å². The van der Waals surface area contributed by atoms with Crippen LogP contribution in [0.25, 0.3) is 0 Å². The highest BCUT2D eigenvalue weighted by molar-refractivity contribution is 7.89. The van der Waals surface area contributed by atoms with Crippen molar-refractivity contribution in [3.8, 4) is 0 Å². The molecular formula is C20H29N3O4S. The van der Waals surface area contributed by atoms with E-state index in [0.717, 1.165) is 6.42 Å². The Kier molecular flexibility index (Phi) is 6.09. The minimum atomic E-state index is -3.69. The van der Waals surface area contributed by atoms with E-state index in [1.54, 1.807) is 17.0 Å². The second-order valence-electron chi connectivity index (χ2n) is 8.09. The number of piperidine rings is 1. The summed E-state index contributed by atoms with van der Waals surface area (Å²) in [5.41, 5.74) is 0.407. The summed E-state index contributed by atoms with van der Waals surface area (Å²) in [4.78, 5) is 28.0. The molecule has 0 radical (unpaired) electrons. The van der Waals surface area contributed by atoms with Gasteiger partial charge in [-0.25, -0.2) is 8.42 Å². The predicted molar refractivity (Wildman–Crippen MR) is 106 cm³/mol. The average Bonchev–Trinajstić information content (AvgIpc) is 2.66. The zero-order valence-corrected chi connectivity index (χ0v) is 17.6. The van der Waals surface area contributed by atoms with Crippen LogP contribution >= 0.6 is 0 Å². The molecule has 7 nitrogen and oxygen atoms in total. The fraction of sp³-hybridized carbons (Fsp3) is 0.600. The van der Waals surface area contributed by atoms with Gasteiger partial charge in [-0.15, -0.1) is 0 Å². The lowest BCUT2D eigenvalue weighted by Gasteiger charge is -2.35. The van der Waals surface area contributed by atoms with Crippen LogP contribution in [0.15, 0.2) is 29.2 Å². The third-order valence-electron chi connectivity index (χ3n) is 5.56. The summed E-state index contributed by atoms with van der Waals surface area (Å²) in [6, 6.07) is 6.32. The highest BCUT2D eigenvalue weighted by Crippen LogP contribution is 2.24. The molecule has 2 unspecified atom stereocenters. The SMILES string of the molecule is CC(=O)N1CCN(S(=O)(=O)c2cccc(C(=O)N3CC(C)CC(C)C3)c2)CC1. The van der Waals surface area contributed by atoms with Gasteiger partial charge in [-0.1, -0.05) is 19.9 Å². The Bertz CT molecular complexity index is 837. The number of benzene rings is 1. The van der Waals surface area contributed by atoms with Crippen molar-refractivity contribution in [1.29, 1.82) is 0 Å². The van der Waals surface area contributed by atoms with E-state index in [2.05, 4.69) is 13.8 Å². The van der Waals surface area contributed by atoms with E-state index >= 15 is 0 Å². The number of likely N-dealkylation sites (tertiary alicyclic amines) is 1. The molecule has 0 saturated carbocycles. The van der Waals surface area contributed by atoms with E-state index < -0.39 is 10.0 Å². The van der Waals surface area contributed by atoms with Crippen LogP contribution in [0.5, 0.6) is 0 Å². The van der Waals surface area contributed by atoms with Gasteiger partial charge < -0.3 is 9.80 Å². The minimum Gasteiger partial charge on any atom is -0.340 e. The normalized spacial score (nSPS) is 24.2. The summed E-state index contributed by atoms with van der Waals surface area (Å²) in [6.07, 6.45) is 1.10. The fourth-order valence-corrected chi connectivity index (χ4v) is 5.66. The van der Waals surface area contributed by atoms with Crippen LogP contribution < -0.4 is 0 Å². The second kappa shape index (κ2) is 8.21. The van der Waals surface area contributed by atoms with Gasteiger partial charge in [-0.3, -0.25) is 9.59 Å². The second-order valence-corrected chi connectivity index (χ2v) is 10.0. The van der Waals surface area contributed by atoms with E-state index in [4.69, 9.17) is 0 Å². The summed E-state index contributed by atoms with van der Waals surface area (Å²) >= 11 is 0. The number of sulfonamides is 1. The molecule has 3 rings (SSSR count). The number of nitrogens with zero attached hydrogens (tertiary/aromatic N) is 3. The van der Waals surface area contributed by atoms with Crippen LogP contribution in [0.3, 0.4) is 0 Å². The van der Waals surface area contributed by atoms with Crippen molar-refractivity contribution >= 4 is 21.8 Å². The maximum absolute atomic E-state index is 13.0. The van der Waals surface area contributed by atoms with Crippen LogP contribution in [0.1, 0.15) is 37.6 Å². The Morgan fingerprint density at radius 2 is 1.57 bits per heavy atom. The van der Waals surface area contributed by atoms with Gasteiger partial charge in [0.15, 0.2) is 0 Å². The topological polar surface area (TPSA) is 78.0 Å². The van der Waals surface area contributed by atoms with E-state index in [1.807, 2.05) is 4.90 Å². The van der Waals surface area contributed by atoms with Crippen LogP contribution in [0, 0.1) is 11.8 Å². The lowest BCUT2D eigenvalue weighted by atomic mass is 9.91. The molecule has 2 aliphatic rings. The van der Waals surface area contributed by atoms with Gasteiger partial charge in [0, 0.05) is 51.8 Å². The van der Waals surface area contributed by atoms with E-state index in [1.165, 1.54) is 23.4 Å². The number of rotatable bonds is 3. The summed E-state index contributed by atoms with van der Waals surface area (Å²) in [5.74, 6) is 0.723. The minimum absolute atomic E-state index is 0.0466.